The van der Waals surface area contributed by atoms with Crippen LogP contribution in [0.5, 0.6) is 0 Å². The molecule has 3 aromatic rings. The molecular weight excluding hydrogens is 344 g/mol. The molecule has 0 N–H and O–H groups in total. The third-order valence-electron chi connectivity index (χ3n) is 3.87. The maximum Gasteiger partial charge on any atom is 0.247 e. The van der Waals surface area contributed by atoms with Crippen molar-refractivity contribution in [2.45, 2.75) is 20.0 Å². The van der Waals surface area contributed by atoms with Crippen molar-refractivity contribution in [1.82, 2.24) is 4.90 Å². The maximum absolute atomic E-state index is 12.8. The van der Waals surface area contributed by atoms with E-state index in [1.54, 1.807) is 40.7 Å². The van der Waals surface area contributed by atoms with Gasteiger partial charge in [-0.15, -0.1) is 11.3 Å². The molecule has 0 fully saturated rings. The van der Waals surface area contributed by atoms with Gasteiger partial charge in [0.2, 0.25) is 5.91 Å². The Morgan fingerprint density at radius 2 is 2.04 bits per heavy atom. The summed E-state index contributed by atoms with van der Waals surface area (Å²) >= 11 is 1.67. The standard InChI is InChI=1S/C21H18N2O2S/c1-16-8-10-20(26-16)15-23(14-19-7-4-12-25-19)21(24)11-9-17-5-2-3-6-18(17)13-22/h2-12H,14-15H2,1H3/b11-9+. The van der Waals surface area contributed by atoms with Gasteiger partial charge in [0.25, 0.3) is 0 Å². The lowest BCUT2D eigenvalue weighted by molar-refractivity contribution is -0.127. The maximum atomic E-state index is 12.8. The lowest BCUT2D eigenvalue weighted by Gasteiger charge is -2.19. The summed E-state index contributed by atoms with van der Waals surface area (Å²) in [6.45, 7) is 2.96. The van der Waals surface area contributed by atoms with Crippen LogP contribution < -0.4 is 0 Å². The number of amides is 1. The van der Waals surface area contributed by atoms with Crippen LogP contribution in [0.15, 0.2) is 65.3 Å². The lowest BCUT2D eigenvalue weighted by atomic mass is 10.1. The van der Waals surface area contributed by atoms with Crippen molar-refractivity contribution in [1.29, 1.82) is 5.26 Å². The minimum Gasteiger partial charge on any atom is -0.467 e. The van der Waals surface area contributed by atoms with Crippen LogP contribution in [0.2, 0.25) is 0 Å². The Hall–Kier alpha value is -3.10. The molecule has 0 bridgehead atoms. The number of carbonyl (C=O) groups is 1. The van der Waals surface area contributed by atoms with E-state index in [-0.39, 0.29) is 5.91 Å². The van der Waals surface area contributed by atoms with Gasteiger partial charge < -0.3 is 9.32 Å². The molecule has 0 radical (unpaired) electrons. The SMILES string of the molecule is Cc1ccc(CN(Cc2ccco2)C(=O)/C=C/c2ccccc2C#N)s1. The zero-order valence-corrected chi connectivity index (χ0v) is 15.2. The average molecular weight is 362 g/mol. The smallest absolute Gasteiger partial charge is 0.247 e. The Kier molecular flexibility index (Phi) is 5.67. The predicted molar refractivity (Wildman–Crippen MR) is 102 cm³/mol. The topological polar surface area (TPSA) is 57.2 Å². The third kappa shape index (κ3) is 4.50. The van der Waals surface area contributed by atoms with E-state index in [1.807, 2.05) is 37.3 Å². The van der Waals surface area contributed by atoms with E-state index in [9.17, 15) is 10.1 Å². The van der Waals surface area contributed by atoms with Gasteiger partial charge in [0.15, 0.2) is 0 Å². The molecule has 0 saturated carbocycles. The highest BCUT2D eigenvalue weighted by Gasteiger charge is 2.15. The third-order valence-corrected chi connectivity index (χ3v) is 4.85. The van der Waals surface area contributed by atoms with E-state index in [0.29, 0.717) is 18.7 Å². The molecule has 2 heterocycles. The molecule has 130 valence electrons. The Morgan fingerprint density at radius 1 is 1.19 bits per heavy atom. The van der Waals surface area contributed by atoms with Crippen molar-refractivity contribution < 1.29 is 9.21 Å². The van der Waals surface area contributed by atoms with Crippen LogP contribution >= 0.6 is 11.3 Å². The van der Waals surface area contributed by atoms with E-state index in [4.69, 9.17) is 4.42 Å². The van der Waals surface area contributed by atoms with Crippen LogP contribution in [0.1, 0.15) is 26.6 Å². The summed E-state index contributed by atoms with van der Waals surface area (Å²) in [4.78, 5) is 16.8. The summed E-state index contributed by atoms with van der Waals surface area (Å²) in [5, 5.41) is 9.17. The molecule has 0 unspecified atom stereocenters. The quantitative estimate of drug-likeness (QED) is 0.594. The van der Waals surface area contributed by atoms with E-state index in [1.165, 1.54) is 11.0 Å². The molecule has 5 heteroatoms. The zero-order chi connectivity index (χ0) is 18.4. The van der Waals surface area contributed by atoms with Crippen molar-refractivity contribution in [3.63, 3.8) is 0 Å². The van der Waals surface area contributed by atoms with Crippen LogP contribution in [0.3, 0.4) is 0 Å². The van der Waals surface area contributed by atoms with E-state index in [2.05, 4.69) is 12.1 Å². The summed E-state index contributed by atoms with van der Waals surface area (Å²) in [5.74, 6) is 0.609. The van der Waals surface area contributed by atoms with Gasteiger partial charge in [0, 0.05) is 15.8 Å². The Bertz CT molecular complexity index is 949. The molecule has 1 aromatic carbocycles. The Morgan fingerprint density at radius 3 is 2.73 bits per heavy atom. The van der Waals surface area contributed by atoms with E-state index < -0.39 is 0 Å². The van der Waals surface area contributed by atoms with E-state index in [0.717, 1.165) is 16.2 Å². The van der Waals surface area contributed by atoms with Gasteiger partial charge in [0.1, 0.15) is 5.76 Å². The van der Waals surface area contributed by atoms with Crippen LogP contribution in [0, 0.1) is 18.3 Å². The fourth-order valence-electron chi connectivity index (χ4n) is 2.57. The molecule has 3 rings (SSSR count). The second kappa shape index (κ2) is 8.32. The van der Waals surface area contributed by atoms with Crippen LogP contribution in [0.4, 0.5) is 0 Å². The fourth-order valence-corrected chi connectivity index (χ4v) is 3.48. The first-order chi connectivity index (χ1) is 12.7. The molecule has 0 atom stereocenters. The Balaban J connectivity index is 1.79. The highest BCUT2D eigenvalue weighted by molar-refractivity contribution is 7.11. The van der Waals surface area contributed by atoms with Crippen molar-refractivity contribution in [2.75, 3.05) is 0 Å². The number of benzene rings is 1. The highest BCUT2D eigenvalue weighted by atomic mass is 32.1. The molecule has 0 saturated heterocycles. The number of furan rings is 1. The molecule has 2 aromatic heterocycles. The van der Waals surface area contributed by atoms with Gasteiger partial charge in [-0.05, 0) is 48.9 Å². The molecule has 26 heavy (non-hydrogen) atoms. The van der Waals surface area contributed by atoms with Crippen molar-refractivity contribution in [3.05, 3.63) is 87.5 Å². The number of aryl methyl sites for hydroxylation is 1. The molecule has 0 spiro atoms. The molecule has 4 nitrogen and oxygen atoms in total. The highest BCUT2D eigenvalue weighted by Crippen LogP contribution is 2.19. The van der Waals surface area contributed by atoms with Gasteiger partial charge in [0.05, 0.1) is 31.0 Å². The lowest BCUT2D eigenvalue weighted by Crippen LogP contribution is -2.28. The normalized spacial score (nSPS) is 10.8. The number of nitrogens with zero attached hydrogens (tertiary/aromatic N) is 2. The molecule has 0 aliphatic carbocycles. The van der Waals surface area contributed by atoms with E-state index >= 15 is 0 Å². The summed E-state index contributed by atoms with van der Waals surface area (Å²) in [6, 6.07) is 17.1. The molecule has 0 aliphatic heterocycles. The number of thiophene rings is 1. The van der Waals surface area contributed by atoms with Gasteiger partial charge >= 0.3 is 0 Å². The van der Waals surface area contributed by atoms with Gasteiger partial charge in [-0.3, -0.25) is 4.79 Å². The molecule has 0 aliphatic rings. The summed E-state index contributed by atoms with van der Waals surface area (Å²) in [6.07, 6.45) is 4.81. The monoisotopic (exact) mass is 362 g/mol. The predicted octanol–water partition coefficient (Wildman–Crippen LogP) is 4.76. The van der Waals surface area contributed by atoms with Gasteiger partial charge in [-0.2, -0.15) is 5.26 Å². The second-order valence-electron chi connectivity index (χ2n) is 5.82. The summed E-state index contributed by atoms with van der Waals surface area (Å²) < 4.78 is 5.40. The fraction of sp³-hybridized carbons (Fsp3) is 0.143. The number of carbonyl (C=O) groups excluding carboxylic acids is 1. The molecular formula is C21H18N2O2S. The summed E-state index contributed by atoms with van der Waals surface area (Å²) in [7, 11) is 0. The number of hydrogen-bond donors (Lipinski definition) is 0. The number of nitriles is 1. The zero-order valence-electron chi connectivity index (χ0n) is 14.4. The van der Waals surface area contributed by atoms with Crippen LogP contribution in [-0.2, 0) is 17.9 Å². The van der Waals surface area contributed by atoms with Crippen molar-refractivity contribution >= 4 is 23.3 Å². The first-order valence-electron chi connectivity index (χ1n) is 8.19. The Labute approximate surface area is 156 Å². The number of hydrogen-bond acceptors (Lipinski definition) is 4. The van der Waals surface area contributed by atoms with Crippen molar-refractivity contribution in [2.24, 2.45) is 0 Å². The summed E-state index contributed by atoms with van der Waals surface area (Å²) in [5.41, 5.74) is 1.27. The minimum absolute atomic E-state index is 0.125. The number of rotatable bonds is 6. The van der Waals surface area contributed by atoms with Gasteiger partial charge in [-0.1, -0.05) is 18.2 Å². The van der Waals surface area contributed by atoms with Crippen LogP contribution in [-0.4, -0.2) is 10.8 Å². The van der Waals surface area contributed by atoms with Crippen LogP contribution in [0.25, 0.3) is 6.08 Å². The first kappa shape index (κ1) is 17.7. The van der Waals surface area contributed by atoms with Crippen molar-refractivity contribution in [3.8, 4) is 6.07 Å². The average Bonchev–Trinajstić information content (AvgIpc) is 3.31. The largest absolute Gasteiger partial charge is 0.467 e. The minimum atomic E-state index is -0.125. The first-order valence-corrected chi connectivity index (χ1v) is 9.01. The second-order valence-corrected chi connectivity index (χ2v) is 7.19. The molecule has 1 amide bonds. The van der Waals surface area contributed by atoms with Gasteiger partial charge in [-0.25, -0.2) is 0 Å².